The lowest BCUT2D eigenvalue weighted by Crippen LogP contribution is -2.16. The molecule has 0 saturated carbocycles. The van der Waals surface area contributed by atoms with E-state index in [0.717, 1.165) is 25.7 Å². The van der Waals surface area contributed by atoms with Crippen LogP contribution in [0.2, 0.25) is 0 Å². The van der Waals surface area contributed by atoms with Crippen molar-refractivity contribution < 1.29 is 19.3 Å². The Morgan fingerprint density at radius 2 is 1.44 bits per heavy atom. The molecule has 0 heterocycles. The molecule has 0 amide bonds. The number of hydrogen-bond donors (Lipinski definition) is 1. The highest BCUT2D eigenvalue weighted by Gasteiger charge is 2.07. The van der Waals surface area contributed by atoms with E-state index >= 15 is 0 Å². The molecule has 32 heavy (non-hydrogen) atoms. The van der Waals surface area contributed by atoms with Crippen molar-refractivity contribution in [1.82, 2.24) is 0 Å². The predicted molar refractivity (Wildman–Crippen MR) is 132 cm³/mol. The molecule has 182 valence electrons. The lowest BCUT2D eigenvalue weighted by atomic mass is 10.1. The van der Waals surface area contributed by atoms with Crippen molar-refractivity contribution in [2.45, 2.75) is 103 Å². The van der Waals surface area contributed by atoms with E-state index in [9.17, 15) is 0 Å². The van der Waals surface area contributed by atoms with Gasteiger partial charge in [-0.05, 0) is 24.8 Å². The summed E-state index contributed by atoms with van der Waals surface area (Å²) in [5.74, 6) is 6.61. The van der Waals surface area contributed by atoms with Crippen LogP contribution in [0.3, 0.4) is 0 Å². The topological polar surface area (TPSA) is 47.9 Å². The highest BCUT2D eigenvalue weighted by molar-refractivity contribution is 5.13. The zero-order chi connectivity index (χ0) is 23.0. The van der Waals surface area contributed by atoms with Gasteiger partial charge in [-0.15, -0.1) is 11.8 Å². The number of benzene rings is 1. The van der Waals surface area contributed by atoms with Gasteiger partial charge in [0.1, 0.15) is 6.79 Å². The van der Waals surface area contributed by atoms with Gasteiger partial charge in [0.2, 0.25) is 0 Å². The summed E-state index contributed by atoms with van der Waals surface area (Å²) in [4.78, 5) is 0. The van der Waals surface area contributed by atoms with Crippen molar-refractivity contribution in [2.75, 3.05) is 27.1 Å². The Balaban J connectivity index is 2.00. The molecule has 0 fully saturated rings. The van der Waals surface area contributed by atoms with Crippen LogP contribution >= 0.6 is 0 Å². The number of aliphatic hydroxyl groups excluding tert-OH is 1. The van der Waals surface area contributed by atoms with Gasteiger partial charge in [-0.2, -0.15) is 0 Å². The molecule has 4 nitrogen and oxygen atoms in total. The van der Waals surface area contributed by atoms with Crippen molar-refractivity contribution in [2.24, 2.45) is 0 Å². The summed E-state index contributed by atoms with van der Waals surface area (Å²) < 4.78 is 16.6. The van der Waals surface area contributed by atoms with Gasteiger partial charge < -0.3 is 19.3 Å². The molecular formula is C28H46O4. The van der Waals surface area contributed by atoms with Gasteiger partial charge in [-0.25, -0.2) is 0 Å². The highest BCUT2D eigenvalue weighted by Crippen LogP contribution is 2.12. The summed E-state index contributed by atoms with van der Waals surface area (Å²) in [5.41, 5.74) is 1.19. The van der Waals surface area contributed by atoms with E-state index in [4.69, 9.17) is 19.3 Å². The molecule has 1 aromatic rings. The number of hydrogen-bond acceptors (Lipinski definition) is 4. The Morgan fingerprint density at radius 3 is 2.06 bits per heavy atom. The van der Waals surface area contributed by atoms with E-state index in [0.29, 0.717) is 26.6 Å². The molecule has 0 radical (unpaired) electrons. The van der Waals surface area contributed by atoms with E-state index < -0.39 is 0 Å². The molecule has 0 aromatic heterocycles. The normalized spacial score (nSPS) is 11.8. The fourth-order valence-electron chi connectivity index (χ4n) is 3.58. The second-order valence-corrected chi connectivity index (χ2v) is 8.44. The number of ether oxygens (including phenoxy) is 3. The minimum Gasteiger partial charge on any atom is -0.396 e. The second kappa shape index (κ2) is 22.8. The van der Waals surface area contributed by atoms with Crippen molar-refractivity contribution in [3.05, 3.63) is 35.9 Å². The smallest absolute Gasteiger partial charge is 0.146 e. The molecule has 1 aromatic carbocycles. The summed E-state index contributed by atoms with van der Waals surface area (Å²) in [6.07, 6.45) is 16.5. The van der Waals surface area contributed by atoms with E-state index in [-0.39, 0.29) is 6.10 Å². The lowest BCUT2D eigenvalue weighted by Gasteiger charge is -2.15. The fourth-order valence-corrected chi connectivity index (χ4v) is 3.58. The van der Waals surface area contributed by atoms with Crippen molar-refractivity contribution in [3.63, 3.8) is 0 Å². The van der Waals surface area contributed by atoms with Crippen LogP contribution in [0, 0.1) is 11.8 Å². The standard InChI is InChI=1S/C28H46O4/c1-30-26-32-28(22-24-31-25-27-19-15-14-16-20-27)21-17-12-10-8-6-4-2-3-5-7-9-11-13-18-23-29/h14-16,19-20,28-29H,2-11,13,18,21-26H2,1H3. The quantitative estimate of drug-likeness (QED) is 0.130. The second-order valence-electron chi connectivity index (χ2n) is 8.44. The van der Waals surface area contributed by atoms with Crippen LogP contribution < -0.4 is 0 Å². The molecule has 0 aliphatic rings. The maximum atomic E-state index is 8.76. The van der Waals surface area contributed by atoms with Crippen LogP contribution in [0.15, 0.2) is 30.3 Å². The third-order valence-electron chi connectivity index (χ3n) is 5.53. The molecule has 0 bridgehead atoms. The molecule has 1 unspecified atom stereocenters. The molecule has 1 atom stereocenters. The average molecular weight is 447 g/mol. The summed E-state index contributed by atoms with van der Waals surface area (Å²) in [7, 11) is 1.65. The van der Waals surface area contributed by atoms with Crippen molar-refractivity contribution in [3.8, 4) is 11.8 Å². The summed E-state index contributed by atoms with van der Waals surface area (Å²) in [5, 5.41) is 8.76. The van der Waals surface area contributed by atoms with E-state index in [2.05, 4.69) is 24.0 Å². The molecule has 0 aliphatic heterocycles. The maximum Gasteiger partial charge on any atom is 0.146 e. The Bertz CT molecular complexity index is 564. The largest absolute Gasteiger partial charge is 0.396 e. The van der Waals surface area contributed by atoms with Gasteiger partial charge in [0.25, 0.3) is 0 Å². The third kappa shape index (κ3) is 18.2. The molecule has 0 saturated heterocycles. The first-order valence-corrected chi connectivity index (χ1v) is 12.7. The number of methoxy groups -OCH3 is 1. The van der Waals surface area contributed by atoms with Crippen LogP contribution in [0.25, 0.3) is 0 Å². The number of rotatable bonds is 21. The zero-order valence-electron chi connectivity index (χ0n) is 20.4. The Labute approximate surface area is 197 Å². The maximum absolute atomic E-state index is 8.76. The predicted octanol–water partition coefficient (Wildman–Crippen LogP) is 6.65. The lowest BCUT2D eigenvalue weighted by molar-refractivity contribution is -0.0788. The summed E-state index contributed by atoms with van der Waals surface area (Å²) >= 11 is 0. The van der Waals surface area contributed by atoms with Crippen LogP contribution in [-0.4, -0.2) is 38.3 Å². The van der Waals surface area contributed by atoms with Crippen LogP contribution in [0.4, 0.5) is 0 Å². The number of unbranched alkanes of at least 4 members (excludes halogenated alkanes) is 11. The first-order chi connectivity index (χ1) is 15.9. The molecule has 1 rings (SSSR count). The van der Waals surface area contributed by atoms with Crippen molar-refractivity contribution in [1.29, 1.82) is 0 Å². The minimum absolute atomic E-state index is 0.0573. The molecule has 4 heteroatoms. The fraction of sp³-hybridized carbons (Fsp3) is 0.714. The Kier molecular flexibility index (Phi) is 20.4. The Morgan fingerprint density at radius 1 is 0.812 bits per heavy atom. The zero-order valence-corrected chi connectivity index (χ0v) is 20.4. The third-order valence-corrected chi connectivity index (χ3v) is 5.53. The van der Waals surface area contributed by atoms with Crippen LogP contribution in [-0.2, 0) is 20.8 Å². The summed E-state index contributed by atoms with van der Waals surface area (Å²) in [6, 6.07) is 10.2. The van der Waals surface area contributed by atoms with Gasteiger partial charge in [0.15, 0.2) is 0 Å². The number of aliphatic hydroxyl groups is 1. The van der Waals surface area contributed by atoms with Gasteiger partial charge in [-0.1, -0.05) is 88.1 Å². The summed E-state index contributed by atoms with van der Waals surface area (Å²) in [6.45, 7) is 1.94. The Hall–Kier alpha value is -1.38. The van der Waals surface area contributed by atoms with Crippen LogP contribution in [0.5, 0.6) is 0 Å². The van der Waals surface area contributed by atoms with Gasteiger partial charge in [0.05, 0.1) is 12.7 Å². The molecule has 1 N–H and O–H groups in total. The first-order valence-electron chi connectivity index (χ1n) is 12.7. The monoisotopic (exact) mass is 446 g/mol. The van der Waals surface area contributed by atoms with Crippen molar-refractivity contribution >= 4 is 0 Å². The first kappa shape index (κ1) is 28.7. The highest BCUT2D eigenvalue weighted by atomic mass is 16.7. The SMILES string of the molecule is COCOC(CC#CCCCCCCCCCCCCCO)CCOCc1ccccc1. The van der Waals surface area contributed by atoms with Gasteiger partial charge >= 0.3 is 0 Å². The van der Waals surface area contributed by atoms with E-state index in [1.165, 1.54) is 69.8 Å². The molecule has 0 spiro atoms. The average Bonchev–Trinajstić information content (AvgIpc) is 2.82. The van der Waals surface area contributed by atoms with E-state index in [1.54, 1.807) is 7.11 Å². The van der Waals surface area contributed by atoms with Crippen LogP contribution in [0.1, 0.15) is 95.5 Å². The van der Waals surface area contributed by atoms with E-state index in [1.807, 2.05) is 18.2 Å². The molecular weight excluding hydrogens is 400 g/mol. The van der Waals surface area contributed by atoms with Gasteiger partial charge in [-0.3, -0.25) is 0 Å². The molecule has 0 aliphatic carbocycles. The van der Waals surface area contributed by atoms with Gasteiger partial charge in [0, 0.05) is 33.2 Å². The minimum atomic E-state index is 0.0573.